The van der Waals surface area contributed by atoms with Crippen LogP contribution in [0.2, 0.25) is 0 Å². The highest BCUT2D eigenvalue weighted by molar-refractivity contribution is 7.14. The fraction of sp³-hybridized carbons (Fsp3) is 0.406. The third kappa shape index (κ3) is 4.73. The van der Waals surface area contributed by atoms with E-state index in [4.69, 9.17) is 19.0 Å². The molecule has 0 spiro atoms. The second-order valence-corrected chi connectivity index (χ2v) is 12.1. The third-order valence-electron chi connectivity index (χ3n) is 8.63. The van der Waals surface area contributed by atoms with Crippen LogP contribution < -0.4 is 4.90 Å². The maximum atomic E-state index is 11.8. The van der Waals surface area contributed by atoms with Crippen molar-refractivity contribution in [2.45, 2.75) is 76.2 Å². The number of fused-ring (bicyclic) bond motifs is 2. The first-order chi connectivity index (χ1) is 19.6. The van der Waals surface area contributed by atoms with E-state index in [2.05, 4.69) is 46.6 Å². The van der Waals surface area contributed by atoms with Crippen LogP contribution >= 0.6 is 11.3 Å². The molecule has 8 heteroatoms. The van der Waals surface area contributed by atoms with Crippen LogP contribution in [-0.2, 0) is 16.1 Å². The average molecular weight is 556 g/mol. The van der Waals surface area contributed by atoms with Crippen molar-refractivity contribution in [3.8, 4) is 22.5 Å². The Balaban J connectivity index is 1.04. The Bertz CT molecular complexity index is 1510. The Hall–Kier alpha value is -3.49. The molecule has 2 bridgehead atoms. The minimum atomic E-state index is -0.327. The number of carbonyl (C=O) groups is 1. The summed E-state index contributed by atoms with van der Waals surface area (Å²) in [4.78, 5) is 19.3. The van der Waals surface area contributed by atoms with E-state index in [9.17, 15) is 4.79 Å². The average Bonchev–Trinajstić information content (AvgIpc) is 3.45. The van der Waals surface area contributed by atoms with E-state index in [0.29, 0.717) is 30.2 Å². The summed E-state index contributed by atoms with van der Waals surface area (Å²) in [6, 6.07) is 16.7. The van der Waals surface area contributed by atoms with Gasteiger partial charge in [0.15, 0.2) is 5.13 Å². The van der Waals surface area contributed by atoms with Crippen molar-refractivity contribution >= 4 is 22.4 Å². The Labute approximate surface area is 238 Å². The number of aromatic nitrogens is 2. The number of rotatable bonds is 8. The minimum Gasteiger partial charge on any atom is -0.465 e. The molecule has 0 radical (unpaired) electrons. The van der Waals surface area contributed by atoms with Gasteiger partial charge in [0.2, 0.25) is 0 Å². The van der Waals surface area contributed by atoms with Crippen molar-refractivity contribution in [2.75, 3.05) is 12.0 Å². The molecule has 206 valence electrons. The zero-order valence-corrected chi connectivity index (χ0v) is 23.7. The van der Waals surface area contributed by atoms with E-state index < -0.39 is 0 Å². The summed E-state index contributed by atoms with van der Waals surface area (Å²) in [5, 5.41) is 7.71. The summed E-state index contributed by atoms with van der Waals surface area (Å²) >= 11 is 1.70. The molecule has 3 atom stereocenters. The van der Waals surface area contributed by atoms with Gasteiger partial charge in [0.1, 0.15) is 11.5 Å². The van der Waals surface area contributed by atoms with Crippen LogP contribution in [0.25, 0.3) is 22.5 Å². The van der Waals surface area contributed by atoms with E-state index in [1.165, 1.54) is 38.4 Å². The van der Waals surface area contributed by atoms with E-state index in [1.54, 1.807) is 23.5 Å². The second kappa shape index (κ2) is 10.5. The van der Waals surface area contributed by atoms with E-state index in [0.717, 1.165) is 51.8 Å². The van der Waals surface area contributed by atoms with Gasteiger partial charge in [-0.1, -0.05) is 41.6 Å². The first-order valence-corrected chi connectivity index (χ1v) is 15.1. The summed E-state index contributed by atoms with van der Waals surface area (Å²) in [6.07, 6.45) is 6.90. The van der Waals surface area contributed by atoms with Gasteiger partial charge in [0.25, 0.3) is 0 Å². The van der Waals surface area contributed by atoms with Gasteiger partial charge in [0, 0.05) is 40.1 Å². The van der Waals surface area contributed by atoms with Gasteiger partial charge in [-0.05, 0) is 63.1 Å². The molecule has 1 unspecified atom stereocenters. The van der Waals surface area contributed by atoms with Crippen molar-refractivity contribution in [3.63, 3.8) is 0 Å². The minimum absolute atomic E-state index is 0.214. The number of nitrogens with zero attached hydrogens (tertiary/aromatic N) is 3. The Morgan fingerprint density at radius 3 is 2.50 bits per heavy atom. The number of esters is 1. The molecule has 3 fully saturated rings. The van der Waals surface area contributed by atoms with Crippen molar-refractivity contribution in [1.82, 2.24) is 10.1 Å². The van der Waals surface area contributed by atoms with Gasteiger partial charge in [-0.25, -0.2) is 9.78 Å². The monoisotopic (exact) mass is 555 g/mol. The number of hydrogen-bond acceptors (Lipinski definition) is 8. The lowest BCUT2D eigenvalue weighted by Gasteiger charge is -2.38. The fourth-order valence-corrected chi connectivity index (χ4v) is 7.34. The summed E-state index contributed by atoms with van der Waals surface area (Å²) in [5.41, 5.74) is 6.90. The quantitative estimate of drug-likeness (QED) is 0.214. The summed E-state index contributed by atoms with van der Waals surface area (Å²) in [7, 11) is 1.40. The number of benzene rings is 2. The van der Waals surface area contributed by atoms with Crippen molar-refractivity contribution in [3.05, 3.63) is 76.4 Å². The van der Waals surface area contributed by atoms with Crippen molar-refractivity contribution in [2.24, 2.45) is 0 Å². The summed E-state index contributed by atoms with van der Waals surface area (Å²) < 4.78 is 17.4. The second-order valence-electron chi connectivity index (χ2n) is 11.2. The van der Waals surface area contributed by atoms with E-state index in [-0.39, 0.29) is 12.1 Å². The number of aryl methyl sites for hydroxylation is 1. The van der Waals surface area contributed by atoms with Crippen LogP contribution in [0.3, 0.4) is 0 Å². The number of thiazole rings is 1. The molecule has 4 aromatic rings. The van der Waals surface area contributed by atoms with Gasteiger partial charge >= 0.3 is 5.97 Å². The highest BCUT2D eigenvalue weighted by Crippen LogP contribution is 2.46. The molecule has 0 amide bonds. The molecule has 4 heterocycles. The molecule has 2 aliphatic heterocycles. The van der Waals surface area contributed by atoms with Gasteiger partial charge in [0.05, 0.1) is 31.1 Å². The molecule has 2 aromatic heterocycles. The Morgan fingerprint density at radius 1 is 1.05 bits per heavy atom. The maximum Gasteiger partial charge on any atom is 0.337 e. The third-order valence-corrected chi connectivity index (χ3v) is 9.49. The molecule has 7 rings (SSSR count). The van der Waals surface area contributed by atoms with E-state index >= 15 is 0 Å². The normalized spacial score (nSPS) is 22.1. The lowest BCUT2D eigenvalue weighted by atomic mass is 9.99. The molecule has 40 heavy (non-hydrogen) atoms. The van der Waals surface area contributed by atoms with E-state index in [1.807, 2.05) is 12.1 Å². The van der Waals surface area contributed by atoms with Crippen molar-refractivity contribution < 1.29 is 18.8 Å². The Morgan fingerprint density at radius 2 is 1.80 bits per heavy atom. The Kier molecular flexibility index (Phi) is 6.68. The molecule has 2 aromatic carbocycles. The van der Waals surface area contributed by atoms with Gasteiger partial charge < -0.3 is 18.9 Å². The lowest BCUT2D eigenvalue weighted by molar-refractivity contribution is 0.0147. The van der Waals surface area contributed by atoms with Gasteiger partial charge in [-0.15, -0.1) is 11.3 Å². The zero-order valence-electron chi connectivity index (χ0n) is 22.8. The SMILES string of the molecule is COC(=O)c1ccc(-c2csc(N3[C@@H]4CC[C@H]3CC(OCc3c(-c5ccccc5C)noc3C3CC3)C4)n2)cc1. The molecule has 7 nitrogen and oxygen atoms in total. The number of anilines is 1. The van der Waals surface area contributed by atoms with Crippen molar-refractivity contribution in [1.29, 1.82) is 0 Å². The highest BCUT2D eigenvalue weighted by atomic mass is 32.1. The molecule has 1 aliphatic carbocycles. The molecule has 2 saturated heterocycles. The largest absolute Gasteiger partial charge is 0.465 e. The number of methoxy groups -OCH3 is 1. The number of hydrogen-bond donors (Lipinski definition) is 0. The van der Waals surface area contributed by atoms with Gasteiger partial charge in [-0.3, -0.25) is 0 Å². The first kappa shape index (κ1) is 25.5. The van der Waals surface area contributed by atoms with Crippen LogP contribution in [0.15, 0.2) is 58.4 Å². The summed E-state index contributed by atoms with van der Waals surface area (Å²) in [5.74, 6) is 1.18. The maximum absolute atomic E-state index is 11.8. The van der Waals surface area contributed by atoms with Crippen LogP contribution in [0.1, 0.15) is 71.7 Å². The topological polar surface area (TPSA) is 77.7 Å². The predicted octanol–water partition coefficient (Wildman–Crippen LogP) is 7.15. The van der Waals surface area contributed by atoms with Crippen LogP contribution in [-0.4, -0.2) is 41.4 Å². The van der Waals surface area contributed by atoms with Crippen LogP contribution in [0, 0.1) is 6.92 Å². The lowest BCUT2D eigenvalue weighted by Crippen LogP contribution is -2.45. The van der Waals surface area contributed by atoms with Crippen LogP contribution in [0.4, 0.5) is 5.13 Å². The number of piperidine rings is 1. The molecular formula is C32H33N3O4S. The molecule has 0 N–H and O–H groups in total. The van der Waals surface area contributed by atoms with Crippen LogP contribution in [0.5, 0.6) is 0 Å². The smallest absolute Gasteiger partial charge is 0.337 e. The summed E-state index contributed by atoms with van der Waals surface area (Å²) in [6.45, 7) is 2.67. The van der Waals surface area contributed by atoms with Gasteiger partial charge in [-0.2, -0.15) is 0 Å². The predicted molar refractivity (Wildman–Crippen MR) is 155 cm³/mol. The number of ether oxygens (including phenoxy) is 2. The highest BCUT2D eigenvalue weighted by Gasteiger charge is 2.43. The molecular weight excluding hydrogens is 522 g/mol. The number of carbonyl (C=O) groups excluding carboxylic acids is 1. The first-order valence-electron chi connectivity index (χ1n) is 14.2. The fourth-order valence-electron chi connectivity index (χ4n) is 6.37. The molecule has 1 saturated carbocycles. The molecule has 3 aliphatic rings. The standard InChI is InChI=1S/C32H33N3O4S/c1-19-5-3-4-6-26(19)29-27(30(39-34-29)21-9-10-21)17-38-25-15-23-13-14-24(16-25)35(23)32-33-28(18-40-32)20-7-11-22(12-8-20)31(36)37-2/h3-8,11-12,18,21,23-25H,9-10,13-17H2,1-2H3/t23-,24+,25?. The zero-order chi connectivity index (χ0) is 27.2.